The van der Waals surface area contributed by atoms with Crippen molar-refractivity contribution < 1.29 is 9.53 Å². The Morgan fingerprint density at radius 2 is 1.96 bits per heavy atom. The summed E-state index contributed by atoms with van der Waals surface area (Å²) in [4.78, 5) is 23.2. The normalized spacial score (nSPS) is 15.2. The van der Waals surface area contributed by atoms with E-state index in [-0.39, 0.29) is 5.91 Å². The number of rotatable bonds is 4. The molecule has 1 aromatic carbocycles. The summed E-state index contributed by atoms with van der Waals surface area (Å²) in [5.74, 6) is 1.93. The molecule has 1 amide bonds. The number of hydrogen-bond acceptors (Lipinski definition) is 5. The van der Waals surface area contributed by atoms with Gasteiger partial charge in [0, 0.05) is 18.7 Å². The number of amides is 1. The van der Waals surface area contributed by atoms with Crippen LogP contribution in [-0.2, 0) is 0 Å². The molecule has 1 aliphatic rings. The average Bonchev–Trinajstić information content (AvgIpc) is 2.63. The summed E-state index contributed by atoms with van der Waals surface area (Å²) in [6.07, 6.45) is 5.63. The van der Waals surface area contributed by atoms with Gasteiger partial charge in [-0.15, -0.1) is 0 Å². The summed E-state index contributed by atoms with van der Waals surface area (Å²) in [7, 11) is 1.57. The topological polar surface area (TPSA) is 67.3 Å². The number of carbonyl (C=O) groups is 1. The molecule has 6 heteroatoms. The van der Waals surface area contributed by atoms with Gasteiger partial charge in [0.1, 0.15) is 5.75 Å². The van der Waals surface area contributed by atoms with Gasteiger partial charge in [0.15, 0.2) is 0 Å². The number of benzene rings is 1. The minimum Gasteiger partial charge on any atom is -0.497 e. The van der Waals surface area contributed by atoms with E-state index in [0.717, 1.165) is 37.8 Å². The molecule has 0 bridgehead atoms. The van der Waals surface area contributed by atoms with Crippen LogP contribution < -0.4 is 15.0 Å². The number of aromatic nitrogens is 2. The number of nitrogens with zero attached hydrogens (tertiary/aromatic N) is 3. The maximum Gasteiger partial charge on any atom is 0.255 e. The summed E-state index contributed by atoms with van der Waals surface area (Å²) in [6, 6.07) is 7.01. The molecule has 126 valence electrons. The monoisotopic (exact) mass is 326 g/mol. The smallest absolute Gasteiger partial charge is 0.255 e. The first-order valence-corrected chi connectivity index (χ1v) is 8.18. The van der Waals surface area contributed by atoms with E-state index in [1.807, 2.05) is 0 Å². The molecule has 0 unspecified atom stereocenters. The molecule has 1 N–H and O–H groups in total. The molecule has 3 rings (SSSR count). The molecule has 0 atom stereocenters. The largest absolute Gasteiger partial charge is 0.497 e. The number of piperidine rings is 1. The van der Waals surface area contributed by atoms with Crippen LogP contribution in [0.5, 0.6) is 5.75 Å². The van der Waals surface area contributed by atoms with Gasteiger partial charge in [0.05, 0.1) is 25.2 Å². The van der Waals surface area contributed by atoms with Crippen LogP contribution >= 0.6 is 0 Å². The Morgan fingerprint density at radius 1 is 1.25 bits per heavy atom. The highest BCUT2D eigenvalue weighted by atomic mass is 16.5. The van der Waals surface area contributed by atoms with Gasteiger partial charge in [0.25, 0.3) is 5.91 Å². The zero-order chi connectivity index (χ0) is 16.9. The lowest BCUT2D eigenvalue weighted by Gasteiger charge is -2.30. The number of hydrogen-bond donors (Lipinski definition) is 1. The van der Waals surface area contributed by atoms with Crippen LogP contribution in [0.25, 0.3) is 0 Å². The van der Waals surface area contributed by atoms with Crippen molar-refractivity contribution >= 4 is 17.5 Å². The number of carbonyl (C=O) groups excluding carboxylic acids is 1. The first kappa shape index (κ1) is 16.2. The second kappa shape index (κ2) is 7.29. The van der Waals surface area contributed by atoms with Crippen molar-refractivity contribution in [3.05, 3.63) is 42.2 Å². The lowest BCUT2D eigenvalue weighted by molar-refractivity contribution is 0.102. The molecule has 0 spiro atoms. The SMILES string of the molecule is COc1cccc(C(=O)Nc2cnc(N3CCC(C)CC3)nc2)c1. The van der Waals surface area contributed by atoms with E-state index < -0.39 is 0 Å². The lowest BCUT2D eigenvalue weighted by Crippen LogP contribution is -2.34. The minimum atomic E-state index is -0.211. The molecule has 0 saturated carbocycles. The molecule has 0 radical (unpaired) electrons. The third-order valence-corrected chi connectivity index (χ3v) is 4.29. The van der Waals surface area contributed by atoms with Crippen LogP contribution in [0.15, 0.2) is 36.7 Å². The third kappa shape index (κ3) is 3.82. The molecular formula is C18H22N4O2. The van der Waals surface area contributed by atoms with E-state index in [2.05, 4.69) is 27.1 Å². The predicted octanol–water partition coefficient (Wildman–Crippen LogP) is 2.97. The molecule has 2 heterocycles. The van der Waals surface area contributed by atoms with Crippen LogP contribution in [0.3, 0.4) is 0 Å². The Bertz CT molecular complexity index is 694. The van der Waals surface area contributed by atoms with E-state index in [1.165, 1.54) is 0 Å². The van der Waals surface area contributed by atoms with Crippen molar-refractivity contribution in [3.63, 3.8) is 0 Å². The molecule has 6 nitrogen and oxygen atoms in total. The van der Waals surface area contributed by atoms with E-state index >= 15 is 0 Å². The van der Waals surface area contributed by atoms with Gasteiger partial charge < -0.3 is 15.0 Å². The third-order valence-electron chi connectivity index (χ3n) is 4.29. The summed E-state index contributed by atoms with van der Waals surface area (Å²) in [5, 5.41) is 2.81. The standard InChI is InChI=1S/C18H22N4O2/c1-13-6-8-22(9-7-13)18-19-11-15(12-20-18)21-17(23)14-4-3-5-16(10-14)24-2/h3-5,10-13H,6-9H2,1-2H3,(H,21,23). The summed E-state index contributed by atoms with van der Waals surface area (Å²) in [5.41, 5.74) is 1.11. The fourth-order valence-electron chi connectivity index (χ4n) is 2.73. The maximum atomic E-state index is 12.3. The van der Waals surface area contributed by atoms with E-state index in [9.17, 15) is 4.79 Å². The molecule has 2 aromatic rings. The van der Waals surface area contributed by atoms with Crippen LogP contribution in [0.1, 0.15) is 30.1 Å². The van der Waals surface area contributed by atoms with E-state index in [0.29, 0.717) is 17.0 Å². The zero-order valence-electron chi connectivity index (χ0n) is 14.0. The van der Waals surface area contributed by atoms with Crippen molar-refractivity contribution in [3.8, 4) is 5.75 Å². The number of anilines is 2. The van der Waals surface area contributed by atoms with Crippen molar-refractivity contribution in [2.24, 2.45) is 5.92 Å². The molecule has 1 saturated heterocycles. The van der Waals surface area contributed by atoms with Crippen LogP contribution in [0.2, 0.25) is 0 Å². The second-order valence-electron chi connectivity index (χ2n) is 6.13. The van der Waals surface area contributed by atoms with Gasteiger partial charge in [-0.25, -0.2) is 9.97 Å². The molecule has 1 aliphatic heterocycles. The van der Waals surface area contributed by atoms with E-state index in [4.69, 9.17) is 4.74 Å². The predicted molar refractivity (Wildman–Crippen MR) is 93.6 cm³/mol. The van der Waals surface area contributed by atoms with Gasteiger partial charge in [-0.05, 0) is 37.0 Å². The number of methoxy groups -OCH3 is 1. The molecule has 1 fully saturated rings. The van der Waals surface area contributed by atoms with E-state index in [1.54, 1.807) is 43.8 Å². The minimum absolute atomic E-state index is 0.211. The van der Waals surface area contributed by atoms with Gasteiger partial charge in [-0.1, -0.05) is 13.0 Å². The van der Waals surface area contributed by atoms with Crippen molar-refractivity contribution in [2.75, 3.05) is 30.4 Å². The first-order valence-electron chi connectivity index (χ1n) is 8.18. The Morgan fingerprint density at radius 3 is 2.62 bits per heavy atom. The van der Waals surface area contributed by atoms with Crippen LogP contribution in [0, 0.1) is 5.92 Å². The quantitative estimate of drug-likeness (QED) is 0.935. The highest BCUT2D eigenvalue weighted by Crippen LogP contribution is 2.20. The number of ether oxygens (including phenoxy) is 1. The van der Waals surface area contributed by atoms with Crippen LogP contribution in [0.4, 0.5) is 11.6 Å². The summed E-state index contributed by atoms with van der Waals surface area (Å²) in [6.45, 7) is 4.24. The Labute approximate surface area is 141 Å². The lowest BCUT2D eigenvalue weighted by atomic mass is 10.00. The van der Waals surface area contributed by atoms with Crippen molar-refractivity contribution in [1.82, 2.24) is 9.97 Å². The fourth-order valence-corrected chi connectivity index (χ4v) is 2.73. The van der Waals surface area contributed by atoms with Crippen LogP contribution in [-0.4, -0.2) is 36.1 Å². The zero-order valence-corrected chi connectivity index (χ0v) is 14.0. The molecule has 0 aliphatic carbocycles. The highest BCUT2D eigenvalue weighted by molar-refractivity contribution is 6.04. The Balaban J connectivity index is 1.64. The van der Waals surface area contributed by atoms with Gasteiger partial charge in [-0.3, -0.25) is 4.79 Å². The van der Waals surface area contributed by atoms with Crippen molar-refractivity contribution in [1.29, 1.82) is 0 Å². The summed E-state index contributed by atoms with van der Waals surface area (Å²) < 4.78 is 5.14. The summed E-state index contributed by atoms with van der Waals surface area (Å²) >= 11 is 0. The number of nitrogens with one attached hydrogen (secondary N) is 1. The molecule has 1 aromatic heterocycles. The average molecular weight is 326 g/mol. The van der Waals surface area contributed by atoms with Crippen molar-refractivity contribution in [2.45, 2.75) is 19.8 Å². The first-order chi connectivity index (χ1) is 11.7. The fraction of sp³-hybridized carbons (Fsp3) is 0.389. The molecule has 24 heavy (non-hydrogen) atoms. The van der Waals surface area contributed by atoms with Gasteiger partial charge >= 0.3 is 0 Å². The van der Waals surface area contributed by atoms with Gasteiger partial charge in [-0.2, -0.15) is 0 Å². The van der Waals surface area contributed by atoms with Gasteiger partial charge in [0.2, 0.25) is 5.95 Å². The maximum absolute atomic E-state index is 12.3. The Kier molecular flexibility index (Phi) is 4.93. The highest BCUT2D eigenvalue weighted by Gasteiger charge is 2.18. The molecular weight excluding hydrogens is 304 g/mol. The second-order valence-corrected chi connectivity index (χ2v) is 6.13. The Hall–Kier alpha value is -2.63.